The van der Waals surface area contributed by atoms with E-state index in [1.54, 1.807) is 6.07 Å². The van der Waals surface area contributed by atoms with Crippen LogP contribution in [-0.2, 0) is 6.42 Å². The Balaban J connectivity index is 2.02. The zero-order valence-electron chi connectivity index (χ0n) is 9.13. The standard InChI is InChI=1S/C13H16BrFO/c14-12-8-11(15)6-5-10(12)7-13(16)9-3-1-2-4-9/h5-6,8-9,13,16H,1-4,7H2. The van der Waals surface area contributed by atoms with Gasteiger partial charge >= 0.3 is 0 Å². The molecule has 0 spiro atoms. The van der Waals surface area contributed by atoms with E-state index in [2.05, 4.69) is 15.9 Å². The van der Waals surface area contributed by atoms with Crippen molar-refractivity contribution in [2.24, 2.45) is 5.92 Å². The predicted octanol–water partition coefficient (Wildman–Crippen LogP) is 3.68. The first-order valence-corrected chi connectivity index (χ1v) is 6.58. The van der Waals surface area contributed by atoms with Crippen molar-refractivity contribution in [3.05, 3.63) is 34.1 Å². The van der Waals surface area contributed by atoms with Gasteiger partial charge in [0.25, 0.3) is 0 Å². The van der Waals surface area contributed by atoms with Crippen LogP contribution in [0.3, 0.4) is 0 Å². The fraction of sp³-hybridized carbons (Fsp3) is 0.538. The van der Waals surface area contributed by atoms with E-state index in [-0.39, 0.29) is 11.9 Å². The maximum absolute atomic E-state index is 12.9. The molecule has 0 aromatic heterocycles. The Morgan fingerprint density at radius 2 is 2.06 bits per heavy atom. The highest BCUT2D eigenvalue weighted by molar-refractivity contribution is 9.10. The van der Waals surface area contributed by atoms with Crippen molar-refractivity contribution in [2.45, 2.75) is 38.2 Å². The van der Waals surface area contributed by atoms with Gasteiger partial charge in [-0.2, -0.15) is 0 Å². The molecule has 88 valence electrons. The molecule has 0 aliphatic heterocycles. The quantitative estimate of drug-likeness (QED) is 0.899. The van der Waals surface area contributed by atoms with E-state index >= 15 is 0 Å². The van der Waals surface area contributed by atoms with Gasteiger partial charge in [-0.25, -0.2) is 4.39 Å². The van der Waals surface area contributed by atoms with Crippen LogP contribution in [0.25, 0.3) is 0 Å². The second-order valence-corrected chi connectivity index (χ2v) is 5.41. The number of aliphatic hydroxyl groups excluding tert-OH is 1. The maximum atomic E-state index is 12.9. The van der Waals surface area contributed by atoms with Gasteiger partial charge in [0.05, 0.1) is 6.10 Å². The lowest BCUT2D eigenvalue weighted by Gasteiger charge is -2.18. The number of rotatable bonds is 3. The van der Waals surface area contributed by atoms with Gasteiger partial charge in [0.15, 0.2) is 0 Å². The van der Waals surface area contributed by atoms with E-state index in [0.717, 1.165) is 22.9 Å². The van der Waals surface area contributed by atoms with Gasteiger partial charge in [-0.1, -0.05) is 34.8 Å². The molecular weight excluding hydrogens is 271 g/mol. The Morgan fingerprint density at radius 3 is 2.69 bits per heavy atom. The van der Waals surface area contributed by atoms with E-state index in [1.807, 2.05) is 0 Å². The lowest BCUT2D eigenvalue weighted by Crippen LogP contribution is -2.20. The zero-order chi connectivity index (χ0) is 11.5. The molecule has 1 aromatic carbocycles. The number of aliphatic hydroxyl groups is 1. The molecule has 1 aromatic rings. The number of benzene rings is 1. The summed E-state index contributed by atoms with van der Waals surface area (Å²) in [6, 6.07) is 4.65. The number of halogens is 2. The van der Waals surface area contributed by atoms with Crippen LogP contribution in [0.15, 0.2) is 22.7 Å². The summed E-state index contributed by atoms with van der Waals surface area (Å²) in [6.07, 6.45) is 5.04. The van der Waals surface area contributed by atoms with Crippen LogP contribution in [-0.4, -0.2) is 11.2 Å². The first kappa shape index (κ1) is 12.1. The Kier molecular flexibility index (Phi) is 3.98. The average molecular weight is 287 g/mol. The molecule has 0 radical (unpaired) electrons. The van der Waals surface area contributed by atoms with Crippen LogP contribution in [0.1, 0.15) is 31.2 Å². The Bertz CT molecular complexity index is 361. The van der Waals surface area contributed by atoms with Crippen molar-refractivity contribution in [1.29, 1.82) is 0 Å². The van der Waals surface area contributed by atoms with E-state index < -0.39 is 0 Å². The van der Waals surface area contributed by atoms with Crippen LogP contribution in [0.4, 0.5) is 4.39 Å². The minimum absolute atomic E-state index is 0.244. The fourth-order valence-electron chi connectivity index (χ4n) is 2.42. The Labute approximate surface area is 104 Å². The summed E-state index contributed by atoms with van der Waals surface area (Å²) in [7, 11) is 0. The molecular formula is C13H16BrFO. The molecule has 0 heterocycles. The van der Waals surface area contributed by atoms with Gasteiger partial charge < -0.3 is 5.11 Å². The summed E-state index contributed by atoms with van der Waals surface area (Å²) in [6.45, 7) is 0. The minimum Gasteiger partial charge on any atom is -0.392 e. The molecule has 1 atom stereocenters. The predicted molar refractivity (Wildman–Crippen MR) is 65.8 cm³/mol. The molecule has 1 N–H and O–H groups in total. The lowest BCUT2D eigenvalue weighted by molar-refractivity contribution is 0.111. The second kappa shape index (κ2) is 5.28. The van der Waals surface area contributed by atoms with Gasteiger partial charge in [-0.15, -0.1) is 0 Å². The van der Waals surface area contributed by atoms with Crippen molar-refractivity contribution < 1.29 is 9.50 Å². The largest absolute Gasteiger partial charge is 0.392 e. The van der Waals surface area contributed by atoms with E-state index in [4.69, 9.17) is 0 Å². The first-order chi connectivity index (χ1) is 7.66. The molecule has 0 amide bonds. The SMILES string of the molecule is OC(Cc1ccc(F)cc1Br)C1CCCC1. The molecule has 0 saturated heterocycles. The van der Waals surface area contributed by atoms with Gasteiger partial charge in [-0.3, -0.25) is 0 Å². The second-order valence-electron chi connectivity index (χ2n) is 4.55. The van der Waals surface area contributed by atoms with Crippen molar-refractivity contribution in [1.82, 2.24) is 0 Å². The average Bonchev–Trinajstić information content (AvgIpc) is 2.75. The van der Waals surface area contributed by atoms with E-state index in [9.17, 15) is 9.50 Å². The minimum atomic E-state index is -0.288. The van der Waals surface area contributed by atoms with Gasteiger partial charge in [0.1, 0.15) is 5.82 Å². The van der Waals surface area contributed by atoms with Crippen molar-refractivity contribution in [3.63, 3.8) is 0 Å². The van der Waals surface area contributed by atoms with Crippen LogP contribution >= 0.6 is 15.9 Å². The highest BCUT2D eigenvalue weighted by Crippen LogP contribution is 2.30. The maximum Gasteiger partial charge on any atom is 0.124 e. The smallest absolute Gasteiger partial charge is 0.124 e. The molecule has 1 saturated carbocycles. The van der Waals surface area contributed by atoms with Crippen LogP contribution < -0.4 is 0 Å². The molecule has 1 aliphatic rings. The monoisotopic (exact) mass is 286 g/mol. The van der Waals surface area contributed by atoms with Crippen LogP contribution in [0.5, 0.6) is 0 Å². The zero-order valence-corrected chi connectivity index (χ0v) is 10.7. The van der Waals surface area contributed by atoms with E-state index in [0.29, 0.717) is 12.3 Å². The Morgan fingerprint density at radius 1 is 1.38 bits per heavy atom. The van der Waals surface area contributed by atoms with Crippen LogP contribution in [0.2, 0.25) is 0 Å². The molecule has 2 rings (SSSR count). The highest BCUT2D eigenvalue weighted by atomic mass is 79.9. The number of hydrogen-bond donors (Lipinski definition) is 1. The summed E-state index contributed by atoms with van der Waals surface area (Å²) >= 11 is 3.33. The Hall–Kier alpha value is -0.410. The van der Waals surface area contributed by atoms with Crippen molar-refractivity contribution in [2.75, 3.05) is 0 Å². The molecule has 1 nitrogen and oxygen atoms in total. The third-order valence-corrected chi connectivity index (χ3v) is 4.13. The summed E-state index contributed by atoms with van der Waals surface area (Å²) < 4.78 is 13.6. The summed E-state index contributed by atoms with van der Waals surface area (Å²) in [5, 5.41) is 10.1. The topological polar surface area (TPSA) is 20.2 Å². The van der Waals surface area contributed by atoms with Gasteiger partial charge in [0.2, 0.25) is 0 Å². The fourth-order valence-corrected chi connectivity index (χ4v) is 2.93. The molecule has 1 fully saturated rings. The normalized spacial score (nSPS) is 18.9. The summed E-state index contributed by atoms with van der Waals surface area (Å²) in [5.74, 6) is 0.183. The number of hydrogen-bond acceptors (Lipinski definition) is 1. The molecule has 1 aliphatic carbocycles. The lowest BCUT2D eigenvalue weighted by atomic mass is 9.95. The highest BCUT2D eigenvalue weighted by Gasteiger charge is 2.23. The van der Waals surface area contributed by atoms with Crippen molar-refractivity contribution >= 4 is 15.9 Å². The van der Waals surface area contributed by atoms with E-state index in [1.165, 1.54) is 25.0 Å². The molecule has 3 heteroatoms. The molecule has 1 unspecified atom stereocenters. The summed E-state index contributed by atoms with van der Waals surface area (Å²) in [4.78, 5) is 0. The molecule has 0 bridgehead atoms. The van der Waals surface area contributed by atoms with Gasteiger partial charge in [-0.05, 0) is 42.9 Å². The summed E-state index contributed by atoms with van der Waals surface area (Å²) in [5.41, 5.74) is 0.987. The van der Waals surface area contributed by atoms with Crippen LogP contribution in [0, 0.1) is 11.7 Å². The van der Waals surface area contributed by atoms with Crippen molar-refractivity contribution in [3.8, 4) is 0 Å². The van der Waals surface area contributed by atoms with Gasteiger partial charge in [0, 0.05) is 4.47 Å². The molecule has 16 heavy (non-hydrogen) atoms. The first-order valence-electron chi connectivity index (χ1n) is 5.79. The third-order valence-electron chi connectivity index (χ3n) is 3.39. The third kappa shape index (κ3) is 2.83.